The molecular formula is C14H19F4NOS. The van der Waals surface area contributed by atoms with Crippen LogP contribution in [0.4, 0.5) is 17.6 Å². The molecule has 0 aliphatic heterocycles. The Morgan fingerprint density at radius 3 is 2.38 bits per heavy atom. The maximum atomic E-state index is 14.0. The molecule has 1 aromatic rings. The number of unbranched alkanes of at least 4 members (excludes halogenated alkanes) is 1. The largest absolute Gasteiger partial charge is 0.270 e. The maximum absolute atomic E-state index is 14.0. The third-order valence-electron chi connectivity index (χ3n) is 3.25. The van der Waals surface area contributed by atoms with Crippen LogP contribution in [0, 0.1) is 5.82 Å². The number of benzene rings is 1. The molecule has 21 heavy (non-hydrogen) atoms. The van der Waals surface area contributed by atoms with Crippen molar-refractivity contribution in [1.82, 2.24) is 4.72 Å². The zero-order chi connectivity index (χ0) is 16.1. The van der Waals surface area contributed by atoms with Gasteiger partial charge in [0.1, 0.15) is 18.0 Å². The molecule has 0 aromatic heterocycles. The zero-order valence-electron chi connectivity index (χ0n) is 12.0. The fourth-order valence-electron chi connectivity index (χ4n) is 1.93. The smallest absolute Gasteiger partial charge is 0.248 e. The SMILES string of the molecule is CCCCS(=O)N[C@](CF)(c1ccccc1F)C(C)(F)F. The fourth-order valence-corrected chi connectivity index (χ4v) is 3.31. The van der Waals surface area contributed by atoms with Gasteiger partial charge in [-0.2, -0.15) is 0 Å². The van der Waals surface area contributed by atoms with Gasteiger partial charge in [-0.3, -0.25) is 0 Å². The van der Waals surface area contributed by atoms with Gasteiger partial charge in [-0.1, -0.05) is 31.5 Å². The van der Waals surface area contributed by atoms with E-state index in [0.717, 1.165) is 18.6 Å². The summed E-state index contributed by atoms with van der Waals surface area (Å²) in [5.41, 5.74) is -3.17. The molecule has 1 rings (SSSR count). The minimum atomic E-state index is -3.63. The van der Waals surface area contributed by atoms with Crippen molar-refractivity contribution >= 4 is 11.0 Å². The van der Waals surface area contributed by atoms with Crippen LogP contribution in [0.3, 0.4) is 0 Å². The van der Waals surface area contributed by atoms with E-state index in [9.17, 15) is 21.8 Å². The molecule has 0 amide bonds. The highest BCUT2D eigenvalue weighted by Gasteiger charge is 2.54. The van der Waals surface area contributed by atoms with Crippen molar-refractivity contribution in [1.29, 1.82) is 0 Å². The van der Waals surface area contributed by atoms with Gasteiger partial charge >= 0.3 is 0 Å². The van der Waals surface area contributed by atoms with Crippen molar-refractivity contribution in [3.63, 3.8) is 0 Å². The number of halogens is 4. The second-order valence-electron chi connectivity index (χ2n) is 4.91. The Kier molecular flexibility index (Phi) is 6.34. The summed E-state index contributed by atoms with van der Waals surface area (Å²) in [7, 11) is -1.88. The average Bonchev–Trinajstić information content (AvgIpc) is 2.42. The average molecular weight is 325 g/mol. The third-order valence-corrected chi connectivity index (χ3v) is 4.49. The lowest BCUT2D eigenvalue weighted by Crippen LogP contribution is -2.57. The molecule has 0 spiro atoms. The molecule has 0 heterocycles. The standard InChI is InChI=1S/C14H19F4NOS/c1-3-4-9-21(20)19-14(10-15,13(2,17)18)11-7-5-6-8-12(11)16/h5-8,19H,3-4,9-10H2,1-2H3/t14-,21?/m1/s1. The molecule has 0 saturated carbocycles. The summed E-state index contributed by atoms with van der Waals surface area (Å²) in [6.07, 6.45) is 1.26. The van der Waals surface area contributed by atoms with Crippen LogP contribution in [0.15, 0.2) is 24.3 Å². The number of hydrogen-bond acceptors (Lipinski definition) is 1. The second-order valence-corrected chi connectivity index (χ2v) is 6.22. The van der Waals surface area contributed by atoms with Gasteiger partial charge in [0.2, 0.25) is 0 Å². The first-order chi connectivity index (χ1) is 9.78. The Hall–Kier alpha value is -0.950. The molecule has 0 radical (unpaired) electrons. The van der Waals surface area contributed by atoms with Crippen molar-refractivity contribution in [3.8, 4) is 0 Å². The first-order valence-electron chi connectivity index (χ1n) is 6.63. The van der Waals surface area contributed by atoms with Crippen LogP contribution in [-0.4, -0.2) is 22.6 Å². The van der Waals surface area contributed by atoms with Gasteiger partial charge in [0.25, 0.3) is 5.92 Å². The maximum Gasteiger partial charge on any atom is 0.270 e. The van der Waals surface area contributed by atoms with Crippen LogP contribution in [0.5, 0.6) is 0 Å². The predicted molar refractivity (Wildman–Crippen MR) is 75.7 cm³/mol. The van der Waals surface area contributed by atoms with Crippen molar-refractivity contribution in [2.45, 2.75) is 38.2 Å². The van der Waals surface area contributed by atoms with Gasteiger partial charge < -0.3 is 0 Å². The van der Waals surface area contributed by atoms with Crippen LogP contribution in [-0.2, 0) is 16.5 Å². The molecular weight excluding hydrogens is 306 g/mol. The van der Waals surface area contributed by atoms with Crippen LogP contribution < -0.4 is 4.72 Å². The zero-order valence-corrected chi connectivity index (χ0v) is 12.8. The molecule has 1 unspecified atom stereocenters. The van der Waals surface area contributed by atoms with Crippen LogP contribution >= 0.6 is 0 Å². The summed E-state index contributed by atoms with van der Waals surface area (Å²) in [6.45, 7) is 0.767. The van der Waals surface area contributed by atoms with Gasteiger partial charge in [0.15, 0.2) is 0 Å². The van der Waals surface area contributed by atoms with Gasteiger partial charge in [0.05, 0.1) is 11.0 Å². The van der Waals surface area contributed by atoms with E-state index in [1.807, 2.05) is 6.92 Å². The summed E-state index contributed by atoms with van der Waals surface area (Å²) < 4.78 is 69.4. The van der Waals surface area contributed by atoms with Gasteiger partial charge in [-0.25, -0.2) is 26.5 Å². The summed E-state index contributed by atoms with van der Waals surface area (Å²) >= 11 is 0. The molecule has 2 atom stereocenters. The van der Waals surface area contributed by atoms with Gasteiger partial charge in [-0.15, -0.1) is 0 Å². The number of nitrogens with one attached hydrogen (secondary N) is 1. The normalized spacial score (nSPS) is 16.5. The molecule has 2 nitrogen and oxygen atoms in total. The van der Waals surface area contributed by atoms with Crippen molar-refractivity contribution in [2.24, 2.45) is 0 Å². The molecule has 1 N–H and O–H groups in total. The van der Waals surface area contributed by atoms with E-state index in [1.165, 1.54) is 12.1 Å². The molecule has 0 aliphatic carbocycles. The quantitative estimate of drug-likeness (QED) is 0.726. The lowest BCUT2D eigenvalue weighted by Gasteiger charge is -2.37. The highest BCUT2D eigenvalue weighted by Crippen LogP contribution is 2.39. The van der Waals surface area contributed by atoms with Crippen LogP contribution in [0.25, 0.3) is 0 Å². The third kappa shape index (κ3) is 4.03. The van der Waals surface area contributed by atoms with Crippen LogP contribution in [0.1, 0.15) is 32.3 Å². The van der Waals surface area contributed by atoms with Gasteiger partial charge in [0, 0.05) is 18.2 Å². The summed E-state index contributed by atoms with van der Waals surface area (Å²) in [5.74, 6) is -4.49. The lowest BCUT2D eigenvalue weighted by atomic mass is 9.86. The molecule has 0 saturated heterocycles. The fraction of sp³-hybridized carbons (Fsp3) is 0.571. The van der Waals surface area contributed by atoms with Crippen molar-refractivity contribution in [2.75, 3.05) is 12.4 Å². The van der Waals surface area contributed by atoms with E-state index in [-0.39, 0.29) is 5.75 Å². The highest BCUT2D eigenvalue weighted by molar-refractivity contribution is 7.83. The predicted octanol–water partition coefficient (Wildman–Crippen LogP) is 3.70. The van der Waals surface area contributed by atoms with E-state index in [0.29, 0.717) is 13.3 Å². The second kappa shape index (κ2) is 7.35. The Labute approximate surface area is 124 Å². The minimum Gasteiger partial charge on any atom is -0.248 e. The van der Waals surface area contributed by atoms with E-state index in [2.05, 4.69) is 4.72 Å². The first kappa shape index (κ1) is 18.1. The molecule has 0 bridgehead atoms. The lowest BCUT2D eigenvalue weighted by molar-refractivity contribution is -0.0781. The number of hydrogen-bond donors (Lipinski definition) is 1. The summed E-state index contributed by atoms with van der Waals surface area (Å²) in [6, 6.07) is 4.72. The minimum absolute atomic E-state index is 0.1000. The van der Waals surface area contributed by atoms with Gasteiger partial charge in [-0.05, 0) is 12.5 Å². The molecule has 1 aromatic carbocycles. The van der Waals surface area contributed by atoms with E-state index < -0.39 is 40.5 Å². The summed E-state index contributed by atoms with van der Waals surface area (Å²) in [5, 5.41) is 0. The van der Waals surface area contributed by atoms with Crippen molar-refractivity contribution in [3.05, 3.63) is 35.6 Å². The molecule has 120 valence electrons. The Balaban J connectivity index is 3.24. The number of rotatable bonds is 8. The molecule has 7 heteroatoms. The van der Waals surface area contributed by atoms with E-state index in [1.54, 1.807) is 0 Å². The first-order valence-corrected chi connectivity index (χ1v) is 7.95. The molecule has 0 aliphatic rings. The monoisotopic (exact) mass is 325 g/mol. The Morgan fingerprint density at radius 2 is 1.90 bits per heavy atom. The Morgan fingerprint density at radius 1 is 1.29 bits per heavy atom. The molecule has 0 fully saturated rings. The summed E-state index contributed by atoms with van der Waals surface area (Å²) in [4.78, 5) is 0. The van der Waals surface area contributed by atoms with E-state index >= 15 is 0 Å². The van der Waals surface area contributed by atoms with Crippen molar-refractivity contribution < 1.29 is 21.8 Å². The Bertz CT molecular complexity index is 492. The van der Waals surface area contributed by atoms with E-state index in [4.69, 9.17) is 0 Å². The van der Waals surface area contributed by atoms with Crippen LogP contribution in [0.2, 0.25) is 0 Å². The highest BCUT2D eigenvalue weighted by atomic mass is 32.2. The topological polar surface area (TPSA) is 29.1 Å². The number of alkyl halides is 3.